The van der Waals surface area contributed by atoms with Gasteiger partial charge in [0.05, 0.1) is 12.5 Å². The maximum atomic E-state index is 12.4. The summed E-state index contributed by atoms with van der Waals surface area (Å²) in [6.45, 7) is 3.20. The lowest BCUT2D eigenvalue weighted by molar-refractivity contribution is -0.140. The van der Waals surface area contributed by atoms with E-state index < -0.39 is 29.9 Å². The Labute approximate surface area is 130 Å². The lowest BCUT2D eigenvalue weighted by Crippen LogP contribution is -2.60. The van der Waals surface area contributed by atoms with Crippen molar-refractivity contribution in [2.75, 3.05) is 0 Å². The van der Waals surface area contributed by atoms with Gasteiger partial charge < -0.3 is 21.5 Å². The second-order valence-electron chi connectivity index (χ2n) is 6.99. The van der Waals surface area contributed by atoms with Crippen LogP contribution in [0.25, 0.3) is 0 Å². The molecule has 0 aromatic carbocycles. The molecule has 1 atom stereocenters. The molecule has 0 aliphatic heterocycles. The van der Waals surface area contributed by atoms with Crippen molar-refractivity contribution in [1.82, 2.24) is 10.6 Å². The number of nitrogens with one attached hydrogen (secondary N) is 2. The van der Waals surface area contributed by atoms with E-state index in [1.54, 1.807) is 13.8 Å². The van der Waals surface area contributed by atoms with Crippen LogP contribution in [0.3, 0.4) is 0 Å². The van der Waals surface area contributed by atoms with Gasteiger partial charge in [0.15, 0.2) is 0 Å². The number of rotatable bonds is 8. The molecule has 0 aromatic rings. The molecule has 2 rings (SSSR count). The van der Waals surface area contributed by atoms with Crippen molar-refractivity contribution in [3.8, 4) is 0 Å². The van der Waals surface area contributed by atoms with E-state index in [-0.39, 0.29) is 11.9 Å². The van der Waals surface area contributed by atoms with Crippen molar-refractivity contribution in [3.63, 3.8) is 0 Å². The SMILES string of the molecule is CC(C)(NC(=O)[C@@H](N)CC(=O)O)C(=O)NC(C1CC1)C1CC1. The smallest absolute Gasteiger partial charge is 0.305 e. The first-order chi connectivity index (χ1) is 10.2. The van der Waals surface area contributed by atoms with Crippen LogP contribution in [-0.2, 0) is 14.4 Å². The lowest BCUT2D eigenvalue weighted by atomic mass is 10.00. The van der Waals surface area contributed by atoms with Crippen LogP contribution in [0, 0.1) is 11.8 Å². The van der Waals surface area contributed by atoms with Gasteiger partial charge in [-0.15, -0.1) is 0 Å². The van der Waals surface area contributed by atoms with Crippen molar-refractivity contribution in [2.45, 2.75) is 63.6 Å². The topological polar surface area (TPSA) is 122 Å². The Hall–Kier alpha value is -1.63. The van der Waals surface area contributed by atoms with Gasteiger partial charge in [-0.05, 0) is 51.4 Å². The highest BCUT2D eigenvalue weighted by Crippen LogP contribution is 2.44. The summed E-state index contributed by atoms with van der Waals surface area (Å²) in [4.78, 5) is 34.9. The molecular formula is C15H25N3O4. The van der Waals surface area contributed by atoms with Crippen LogP contribution >= 0.6 is 0 Å². The Morgan fingerprint density at radius 1 is 1.18 bits per heavy atom. The van der Waals surface area contributed by atoms with E-state index >= 15 is 0 Å². The highest BCUT2D eigenvalue weighted by atomic mass is 16.4. The summed E-state index contributed by atoms with van der Waals surface area (Å²) in [5.41, 5.74) is 4.40. The van der Waals surface area contributed by atoms with Gasteiger partial charge in [0.2, 0.25) is 11.8 Å². The van der Waals surface area contributed by atoms with Crippen LogP contribution < -0.4 is 16.4 Å². The molecule has 0 spiro atoms. The van der Waals surface area contributed by atoms with E-state index in [0.717, 1.165) is 25.7 Å². The minimum absolute atomic E-state index is 0.205. The van der Waals surface area contributed by atoms with E-state index in [2.05, 4.69) is 10.6 Å². The third kappa shape index (κ3) is 4.43. The molecule has 0 saturated heterocycles. The number of carbonyl (C=O) groups excluding carboxylic acids is 2. The molecule has 7 heteroatoms. The number of carboxylic acid groups (broad SMARTS) is 1. The molecule has 22 heavy (non-hydrogen) atoms. The third-order valence-electron chi connectivity index (χ3n) is 4.29. The van der Waals surface area contributed by atoms with E-state index in [1.165, 1.54) is 0 Å². The molecule has 124 valence electrons. The molecule has 2 fully saturated rings. The quantitative estimate of drug-likeness (QED) is 0.502. The largest absolute Gasteiger partial charge is 0.481 e. The predicted molar refractivity (Wildman–Crippen MR) is 79.8 cm³/mol. The van der Waals surface area contributed by atoms with E-state index in [0.29, 0.717) is 11.8 Å². The van der Waals surface area contributed by atoms with Crippen LogP contribution in [0.4, 0.5) is 0 Å². The molecule has 7 nitrogen and oxygen atoms in total. The van der Waals surface area contributed by atoms with Crippen molar-refractivity contribution < 1.29 is 19.5 Å². The maximum Gasteiger partial charge on any atom is 0.305 e. The Morgan fingerprint density at radius 2 is 1.68 bits per heavy atom. The fourth-order valence-electron chi connectivity index (χ4n) is 2.60. The van der Waals surface area contributed by atoms with Crippen LogP contribution in [0.1, 0.15) is 46.0 Å². The summed E-state index contributed by atoms with van der Waals surface area (Å²) in [5, 5.41) is 14.3. The summed E-state index contributed by atoms with van der Waals surface area (Å²) in [7, 11) is 0. The van der Waals surface area contributed by atoms with Gasteiger partial charge in [0.25, 0.3) is 0 Å². The molecule has 2 aliphatic carbocycles. The third-order valence-corrected chi connectivity index (χ3v) is 4.29. The average Bonchev–Trinajstić information content (AvgIpc) is 3.26. The standard InChI is InChI=1S/C15H25N3O4/c1-15(2,18-13(21)10(16)7-11(19)20)14(22)17-12(8-3-4-8)9-5-6-9/h8-10,12H,3-7,16H2,1-2H3,(H,17,22)(H,18,21)(H,19,20)/t10-/m0/s1. The van der Waals surface area contributed by atoms with Gasteiger partial charge >= 0.3 is 5.97 Å². The zero-order valence-corrected chi connectivity index (χ0v) is 13.1. The summed E-state index contributed by atoms with van der Waals surface area (Å²) in [5.74, 6) is -0.883. The Kier molecular flexibility index (Phi) is 4.75. The Morgan fingerprint density at radius 3 is 2.09 bits per heavy atom. The van der Waals surface area contributed by atoms with E-state index in [4.69, 9.17) is 10.8 Å². The average molecular weight is 311 g/mol. The van der Waals surface area contributed by atoms with Crippen LogP contribution in [0.15, 0.2) is 0 Å². The molecule has 0 heterocycles. The minimum Gasteiger partial charge on any atom is -0.481 e. The fraction of sp³-hybridized carbons (Fsp3) is 0.800. The number of amides is 2. The molecule has 0 unspecified atom stereocenters. The molecule has 2 amide bonds. The number of aliphatic carboxylic acids is 1. The van der Waals surface area contributed by atoms with Crippen molar-refractivity contribution >= 4 is 17.8 Å². The summed E-state index contributed by atoms with van der Waals surface area (Å²) in [6.07, 6.45) is 4.14. The fourth-order valence-corrected chi connectivity index (χ4v) is 2.60. The van der Waals surface area contributed by atoms with Gasteiger partial charge in [0.1, 0.15) is 5.54 Å². The van der Waals surface area contributed by atoms with Crippen molar-refractivity contribution in [2.24, 2.45) is 17.6 Å². The van der Waals surface area contributed by atoms with Crippen LogP contribution in [0.5, 0.6) is 0 Å². The first-order valence-corrected chi connectivity index (χ1v) is 7.81. The highest BCUT2D eigenvalue weighted by Gasteiger charge is 2.44. The van der Waals surface area contributed by atoms with Gasteiger partial charge in [-0.25, -0.2) is 0 Å². The van der Waals surface area contributed by atoms with Gasteiger partial charge in [-0.1, -0.05) is 0 Å². The number of carboxylic acids is 1. The second kappa shape index (κ2) is 6.24. The minimum atomic E-state index is -1.16. The molecule has 2 saturated carbocycles. The van der Waals surface area contributed by atoms with E-state index in [1.807, 2.05) is 0 Å². The second-order valence-corrected chi connectivity index (χ2v) is 6.99. The first kappa shape index (κ1) is 16.7. The van der Waals surface area contributed by atoms with Crippen LogP contribution in [0.2, 0.25) is 0 Å². The van der Waals surface area contributed by atoms with Crippen molar-refractivity contribution in [1.29, 1.82) is 0 Å². The monoisotopic (exact) mass is 311 g/mol. The molecule has 0 radical (unpaired) electrons. The van der Waals surface area contributed by atoms with Crippen LogP contribution in [-0.4, -0.2) is 40.5 Å². The highest BCUT2D eigenvalue weighted by molar-refractivity contribution is 5.93. The number of hydrogen-bond acceptors (Lipinski definition) is 4. The van der Waals surface area contributed by atoms with E-state index in [9.17, 15) is 14.4 Å². The zero-order valence-electron chi connectivity index (χ0n) is 13.1. The summed E-state index contributed by atoms with van der Waals surface area (Å²) >= 11 is 0. The molecule has 2 aliphatic rings. The number of nitrogens with two attached hydrogens (primary N) is 1. The zero-order chi connectivity index (χ0) is 16.5. The number of hydrogen-bond donors (Lipinski definition) is 4. The number of carbonyl (C=O) groups is 3. The Balaban J connectivity index is 1.89. The van der Waals surface area contributed by atoms with Gasteiger partial charge in [-0.2, -0.15) is 0 Å². The van der Waals surface area contributed by atoms with Gasteiger partial charge in [0, 0.05) is 6.04 Å². The molecule has 0 bridgehead atoms. The molecule has 5 N–H and O–H groups in total. The maximum absolute atomic E-state index is 12.4. The molecular weight excluding hydrogens is 286 g/mol. The van der Waals surface area contributed by atoms with Gasteiger partial charge in [-0.3, -0.25) is 14.4 Å². The Bertz CT molecular complexity index is 457. The summed E-state index contributed by atoms with van der Waals surface area (Å²) in [6, 6.07) is -0.955. The predicted octanol–water partition coefficient (Wildman–Crippen LogP) is -0.0120. The lowest BCUT2D eigenvalue weighted by Gasteiger charge is -2.29. The van der Waals surface area contributed by atoms with Crippen molar-refractivity contribution in [3.05, 3.63) is 0 Å². The summed E-state index contributed by atoms with van der Waals surface area (Å²) < 4.78 is 0. The first-order valence-electron chi connectivity index (χ1n) is 7.81. The molecule has 0 aromatic heterocycles. The normalized spacial score (nSPS) is 19.6.